The van der Waals surface area contributed by atoms with Crippen LogP contribution in [0.4, 0.5) is 0 Å². The molecule has 4 nitrogen and oxygen atoms in total. The molecule has 1 heterocycles. The lowest BCUT2D eigenvalue weighted by Crippen LogP contribution is -2.51. The van der Waals surface area contributed by atoms with Gasteiger partial charge in [0.2, 0.25) is 5.91 Å². The van der Waals surface area contributed by atoms with Gasteiger partial charge in [0.1, 0.15) is 5.41 Å². The first-order valence-corrected chi connectivity index (χ1v) is 5.96. The van der Waals surface area contributed by atoms with Crippen molar-refractivity contribution < 1.29 is 9.53 Å². The fraction of sp³-hybridized carbons (Fsp3) is 0.833. The maximum absolute atomic E-state index is 12.1. The number of hydrogen-bond donors (Lipinski definition) is 1. The molecule has 2 rings (SSSR count). The minimum atomic E-state index is -0.836. The summed E-state index contributed by atoms with van der Waals surface area (Å²) in [6, 6.07) is 2.48. The molecule has 16 heavy (non-hydrogen) atoms. The lowest BCUT2D eigenvalue weighted by molar-refractivity contribution is -0.134. The van der Waals surface area contributed by atoms with Crippen LogP contribution in [0.15, 0.2) is 0 Å². The van der Waals surface area contributed by atoms with Crippen molar-refractivity contribution in [3.63, 3.8) is 0 Å². The van der Waals surface area contributed by atoms with Gasteiger partial charge in [-0.2, -0.15) is 5.26 Å². The monoisotopic (exact) mass is 222 g/mol. The van der Waals surface area contributed by atoms with Gasteiger partial charge in [0.15, 0.2) is 0 Å². The van der Waals surface area contributed by atoms with Gasteiger partial charge in [-0.1, -0.05) is 6.92 Å². The summed E-state index contributed by atoms with van der Waals surface area (Å²) in [4.78, 5) is 12.1. The Labute approximate surface area is 96.0 Å². The molecular formula is C12H18N2O2. The Morgan fingerprint density at radius 1 is 1.44 bits per heavy atom. The molecule has 0 unspecified atom stereocenters. The Kier molecular flexibility index (Phi) is 3.15. The quantitative estimate of drug-likeness (QED) is 0.764. The van der Waals surface area contributed by atoms with Crippen LogP contribution in [0.5, 0.6) is 0 Å². The van der Waals surface area contributed by atoms with Gasteiger partial charge >= 0.3 is 0 Å². The van der Waals surface area contributed by atoms with Crippen molar-refractivity contribution in [2.75, 3.05) is 13.2 Å². The molecule has 2 aliphatic rings. The average Bonchev–Trinajstić information content (AvgIpc) is 2.28. The maximum atomic E-state index is 12.1. The number of hydrogen-bond acceptors (Lipinski definition) is 3. The van der Waals surface area contributed by atoms with E-state index >= 15 is 0 Å². The molecule has 1 aliphatic heterocycles. The molecule has 4 heteroatoms. The van der Waals surface area contributed by atoms with Crippen LogP contribution in [0.2, 0.25) is 0 Å². The molecule has 88 valence electrons. The van der Waals surface area contributed by atoms with Gasteiger partial charge in [0, 0.05) is 19.3 Å². The van der Waals surface area contributed by atoms with Crippen LogP contribution in [-0.2, 0) is 9.53 Å². The van der Waals surface area contributed by atoms with Crippen LogP contribution in [0.1, 0.15) is 32.6 Å². The maximum Gasteiger partial charge on any atom is 0.240 e. The lowest BCUT2D eigenvalue weighted by Gasteiger charge is -2.37. The third-order valence-electron chi connectivity index (χ3n) is 3.70. The van der Waals surface area contributed by atoms with E-state index in [1.165, 1.54) is 0 Å². The average molecular weight is 222 g/mol. The molecule has 0 atom stereocenters. The van der Waals surface area contributed by atoms with E-state index < -0.39 is 5.41 Å². The molecule has 0 aromatic rings. The van der Waals surface area contributed by atoms with Crippen molar-refractivity contribution in [1.29, 1.82) is 5.26 Å². The number of carbonyl (C=O) groups is 1. The van der Waals surface area contributed by atoms with E-state index in [0.29, 0.717) is 32.0 Å². The molecule has 0 spiro atoms. The highest BCUT2D eigenvalue weighted by Gasteiger charge is 2.42. The molecule has 1 saturated carbocycles. The first-order chi connectivity index (χ1) is 7.66. The molecule has 1 N–H and O–H groups in total. The van der Waals surface area contributed by atoms with Crippen molar-refractivity contribution in [3.05, 3.63) is 0 Å². The van der Waals surface area contributed by atoms with Gasteiger partial charge in [-0.25, -0.2) is 0 Å². The van der Waals surface area contributed by atoms with Gasteiger partial charge in [0.05, 0.1) is 6.07 Å². The number of nitrogens with one attached hydrogen (secondary N) is 1. The molecule has 1 amide bonds. The second kappa shape index (κ2) is 4.42. The smallest absolute Gasteiger partial charge is 0.240 e. The molecule has 2 fully saturated rings. The predicted octanol–water partition coefficient (Wildman–Crippen LogP) is 1.22. The van der Waals surface area contributed by atoms with Crippen molar-refractivity contribution in [1.82, 2.24) is 5.32 Å². The van der Waals surface area contributed by atoms with E-state index in [1.807, 2.05) is 0 Å². The highest BCUT2D eigenvalue weighted by molar-refractivity contribution is 5.85. The first kappa shape index (κ1) is 11.4. The van der Waals surface area contributed by atoms with E-state index in [4.69, 9.17) is 4.74 Å². The number of nitrogens with zero attached hydrogens (tertiary/aromatic N) is 1. The zero-order valence-electron chi connectivity index (χ0n) is 9.66. The van der Waals surface area contributed by atoms with Crippen LogP contribution in [0, 0.1) is 22.7 Å². The Bertz CT molecular complexity index is 309. The van der Waals surface area contributed by atoms with Crippen molar-refractivity contribution in [2.45, 2.75) is 38.6 Å². The second-order valence-electron chi connectivity index (χ2n) is 5.05. The van der Waals surface area contributed by atoms with Crippen molar-refractivity contribution in [2.24, 2.45) is 11.3 Å². The Morgan fingerprint density at radius 3 is 2.56 bits per heavy atom. The lowest BCUT2D eigenvalue weighted by atomic mass is 9.78. The van der Waals surface area contributed by atoms with Crippen LogP contribution in [0.3, 0.4) is 0 Å². The van der Waals surface area contributed by atoms with Crippen LogP contribution in [0.25, 0.3) is 0 Å². The number of carbonyl (C=O) groups excluding carboxylic acids is 1. The standard InChI is InChI=1S/C12H18N2O2/c1-9-6-10(7-9)14-11(15)12(8-13)2-4-16-5-3-12/h9-10H,2-7H2,1H3,(H,14,15). The molecule has 0 radical (unpaired) electrons. The molecule has 1 aliphatic carbocycles. The van der Waals surface area contributed by atoms with E-state index in [9.17, 15) is 10.1 Å². The summed E-state index contributed by atoms with van der Waals surface area (Å²) in [6.07, 6.45) is 3.14. The summed E-state index contributed by atoms with van der Waals surface area (Å²) in [5.41, 5.74) is -0.836. The number of nitriles is 1. The highest BCUT2D eigenvalue weighted by atomic mass is 16.5. The Hall–Kier alpha value is -1.08. The largest absolute Gasteiger partial charge is 0.381 e. The fourth-order valence-corrected chi connectivity index (χ4v) is 2.45. The summed E-state index contributed by atoms with van der Waals surface area (Å²) >= 11 is 0. The third-order valence-corrected chi connectivity index (χ3v) is 3.70. The van der Waals surface area contributed by atoms with Gasteiger partial charge in [0.25, 0.3) is 0 Å². The topological polar surface area (TPSA) is 62.1 Å². The number of ether oxygens (including phenoxy) is 1. The van der Waals surface area contributed by atoms with Gasteiger partial charge in [-0.15, -0.1) is 0 Å². The Morgan fingerprint density at radius 2 is 2.06 bits per heavy atom. The van der Waals surface area contributed by atoms with E-state index in [0.717, 1.165) is 12.8 Å². The zero-order valence-corrected chi connectivity index (χ0v) is 9.66. The molecule has 1 saturated heterocycles. The highest BCUT2D eigenvalue weighted by Crippen LogP contribution is 2.32. The summed E-state index contributed by atoms with van der Waals surface area (Å²) in [5.74, 6) is 0.619. The second-order valence-corrected chi connectivity index (χ2v) is 5.05. The van der Waals surface area contributed by atoms with Crippen molar-refractivity contribution >= 4 is 5.91 Å². The predicted molar refractivity (Wildman–Crippen MR) is 58.4 cm³/mol. The van der Waals surface area contributed by atoms with Gasteiger partial charge in [-0.3, -0.25) is 4.79 Å². The number of rotatable bonds is 2. The molecule has 0 aromatic heterocycles. The molecule has 0 bridgehead atoms. The van der Waals surface area contributed by atoms with Crippen LogP contribution in [-0.4, -0.2) is 25.2 Å². The fourth-order valence-electron chi connectivity index (χ4n) is 2.45. The van der Waals surface area contributed by atoms with Crippen LogP contribution >= 0.6 is 0 Å². The molecule has 0 aromatic carbocycles. The van der Waals surface area contributed by atoms with Gasteiger partial charge in [-0.05, 0) is 31.6 Å². The third kappa shape index (κ3) is 2.05. The van der Waals surface area contributed by atoms with Crippen LogP contribution < -0.4 is 5.32 Å². The number of amides is 1. The van der Waals surface area contributed by atoms with E-state index in [2.05, 4.69) is 18.3 Å². The first-order valence-electron chi connectivity index (χ1n) is 5.96. The Balaban J connectivity index is 1.93. The van der Waals surface area contributed by atoms with E-state index in [-0.39, 0.29) is 11.9 Å². The minimum absolute atomic E-state index is 0.0878. The summed E-state index contributed by atoms with van der Waals surface area (Å²) in [7, 11) is 0. The minimum Gasteiger partial charge on any atom is -0.381 e. The van der Waals surface area contributed by atoms with Crippen molar-refractivity contribution in [3.8, 4) is 6.07 Å². The molecular weight excluding hydrogens is 204 g/mol. The normalized spacial score (nSPS) is 32.2. The van der Waals surface area contributed by atoms with E-state index in [1.54, 1.807) is 0 Å². The zero-order chi connectivity index (χ0) is 11.6. The summed E-state index contributed by atoms with van der Waals surface area (Å²) in [5, 5.41) is 12.2. The summed E-state index contributed by atoms with van der Waals surface area (Å²) < 4.78 is 5.21. The summed E-state index contributed by atoms with van der Waals surface area (Å²) in [6.45, 7) is 3.21. The van der Waals surface area contributed by atoms with Gasteiger partial charge < -0.3 is 10.1 Å². The SMILES string of the molecule is CC1CC(NC(=O)C2(C#N)CCOCC2)C1.